The Kier molecular flexibility index (Phi) is 5.30. The number of aryl methyl sites for hydroxylation is 2. The average molecular weight is 290 g/mol. The standard InChI is InChI=1S/C7H5NO4.C6H9N3/c9-7(10)5-2-1-3-6(4-5)8(11)12;1-4-3-5(2)9-6(7)8-4/h1-4H,(H,9,10);3H,1-2H3,(H2,7,8,9). The molecule has 0 spiro atoms. The van der Waals surface area contributed by atoms with E-state index >= 15 is 0 Å². The molecule has 0 aliphatic carbocycles. The van der Waals surface area contributed by atoms with Gasteiger partial charge in [0.1, 0.15) is 0 Å². The summed E-state index contributed by atoms with van der Waals surface area (Å²) in [6, 6.07) is 6.78. The van der Waals surface area contributed by atoms with Gasteiger partial charge in [-0.15, -0.1) is 0 Å². The van der Waals surface area contributed by atoms with E-state index in [-0.39, 0.29) is 11.3 Å². The largest absolute Gasteiger partial charge is 0.478 e. The maximum Gasteiger partial charge on any atom is 0.335 e. The van der Waals surface area contributed by atoms with Crippen LogP contribution in [0.25, 0.3) is 0 Å². The van der Waals surface area contributed by atoms with Crippen molar-refractivity contribution < 1.29 is 14.8 Å². The number of benzene rings is 1. The number of hydrogen-bond donors (Lipinski definition) is 2. The predicted octanol–water partition coefficient (Wildman–Crippen LogP) is 1.97. The maximum absolute atomic E-state index is 10.4. The molecular formula is C13H14N4O4. The van der Waals surface area contributed by atoms with Crippen molar-refractivity contribution in [2.45, 2.75) is 13.8 Å². The molecule has 2 rings (SSSR count). The van der Waals surface area contributed by atoms with Crippen LogP contribution in [-0.4, -0.2) is 26.0 Å². The highest BCUT2D eigenvalue weighted by Crippen LogP contribution is 2.12. The van der Waals surface area contributed by atoms with E-state index in [2.05, 4.69) is 9.97 Å². The summed E-state index contributed by atoms with van der Waals surface area (Å²) in [5.74, 6) is -0.814. The first-order valence-corrected chi connectivity index (χ1v) is 5.85. The molecule has 0 fully saturated rings. The number of aromatic nitrogens is 2. The number of nitro groups is 1. The Labute approximate surface area is 120 Å². The van der Waals surface area contributed by atoms with Gasteiger partial charge >= 0.3 is 5.97 Å². The second kappa shape index (κ2) is 6.94. The van der Waals surface area contributed by atoms with Gasteiger partial charge in [-0.1, -0.05) is 6.07 Å². The summed E-state index contributed by atoms with van der Waals surface area (Å²) in [4.78, 5) is 27.7. The molecule has 0 radical (unpaired) electrons. The van der Waals surface area contributed by atoms with Gasteiger partial charge < -0.3 is 10.8 Å². The van der Waals surface area contributed by atoms with Crippen molar-refractivity contribution in [1.82, 2.24) is 9.97 Å². The van der Waals surface area contributed by atoms with Gasteiger partial charge in [-0.25, -0.2) is 14.8 Å². The highest BCUT2D eigenvalue weighted by molar-refractivity contribution is 5.88. The van der Waals surface area contributed by atoms with E-state index in [1.807, 2.05) is 19.9 Å². The Hall–Kier alpha value is -3.03. The van der Waals surface area contributed by atoms with Crippen LogP contribution in [0.15, 0.2) is 30.3 Å². The van der Waals surface area contributed by atoms with E-state index < -0.39 is 10.9 Å². The fourth-order valence-corrected chi connectivity index (χ4v) is 1.51. The first kappa shape index (κ1) is 16.0. The molecule has 0 amide bonds. The summed E-state index contributed by atoms with van der Waals surface area (Å²) in [7, 11) is 0. The number of nitrogens with zero attached hydrogens (tertiary/aromatic N) is 3. The highest BCUT2D eigenvalue weighted by atomic mass is 16.6. The zero-order chi connectivity index (χ0) is 16.0. The molecule has 110 valence electrons. The van der Waals surface area contributed by atoms with Crippen molar-refractivity contribution in [2.24, 2.45) is 0 Å². The second-order valence-corrected chi connectivity index (χ2v) is 4.12. The van der Waals surface area contributed by atoms with E-state index in [0.717, 1.165) is 17.5 Å². The number of anilines is 1. The quantitative estimate of drug-likeness (QED) is 0.638. The minimum Gasteiger partial charge on any atom is -0.478 e. The molecular weight excluding hydrogens is 276 g/mol. The Morgan fingerprint density at radius 2 is 1.81 bits per heavy atom. The third kappa shape index (κ3) is 5.23. The number of aromatic carboxylic acids is 1. The summed E-state index contributed by atoms with van der Waals surface area (Å²) in [5, 5.41) is 18.7. The van der Waals surface area contributed by atoms with Crippen LogP contribution in [0.3, 0.4) is 0 Å². The first-order valence-electron chi connectivity index (χ1n) is 5.85. The van der Waals surface area contributed by atoms with Crippen LogP contribution in [0.1, 0.15) is 21.7 Å². The predicted molar refractivity (Wildman–Crippen MR) is 76.0 cm³/mol. The third-order valence-corrected chi connectivity index (χ3v) is 2.30. The number of hydrogen-bond acceptors (Lipinski definition) is 6. The topological polar surface area (TPSA) is 132 Å². The van der Waals surface area contributed by atoms with Gasteiger partial charge in [-0.3, -0.25) is 10.1 Å². The minimum absolute atomic E-state index is 0.0794. The summed E-state index contributed by atoms with van der Waals surface area (Å²) in [6.45, 7) is 3.79. The lowest BCUT2D eigenvalue weighted by Gasteiger charge is -1.94. The number of carboxylic acids is 1. The zero-order valence-electron chi connectivity index (χ0n) is 11.5. The molecule has 3 N–H and O–H groups in total. The van der Waals surface area contributed by atoms with Gasteiger partial charge in [0.15, 0.2) is 0 Å². The molecule has 1 heterocycles. The Morgan fingerprint density at radius 3 is 2.24 bits per heavy atom. The molecule has 0 unspecified atom stereocenters. The summed E-state index contributed by atoms with van der Waals surface area (Å²) < 4.78 is 0. The fraction of sp³-hybridized carbons (Fsp3) is 0.154. The molecule has 1 aromatic carbocycles. The van der Waals surface area contributed by atoms with E-state index in [1.165, 1.54) is 18.2 Å². The molecule has 0 saturated heterocycles. The van der Waals surface area contributed by atoms with Crippen LogP contribution in [0.4, 0.5) is 11.6 Å². The van der Waals surface area contributed by atoms with E-state index in [1.54, 1.807) is 0 Å². The number of nitrogens with two attached hydrogens (primary N) is 1. The van der Waals surface area contributed by atoms with Gasteiger partial charge in [0.25, 0.3) is 5.69 Å². The molecule has 0 saturated carbocycles. The molecule has 0 atom stereocenters. The van der Waals surface area contributed by atoms with Crippen LogP contribution >= 0.6 is 0 Å². The van der Waals surface area contributed by atoms with Crippen LogP contribution in [0.5, 0.6) is 0 Å². The summed E-state index contributed by atoms with van der Waals surface area (Å²) in [5.41, 5.74) is 6.88. The van der Waals surface area contributed by atoms with E-state index in [0.29, 0.717) is 5.95 Å². The molecule has 2 aromatic rings. The third-order valence-electron chi connectivity index (χ3n) is 2.30. The molecule has 8 nitrogen and oxygen atoms in total. The number of nitrogen functional groups attached to an aromatic ring is 1. The highest BCUT2D eigenvalue weighted by Gasteiger charge is 2.09. The van der Waals surface area contributed by atoms with Crippen LogP contribution in [0, 0.1) is 24.0 Å². The Bertz CT molecular complexity index is 593. The Morgan fingerprint density at radius 1 is 1.24 bits per heavy atom. The number of nitro benzene ring substituents is 1. The lowest BCUT2D eigenvalue weighted by molar-refractivity contribution is -0.384. The number of non-ortho nitro benzene ring substituents is 1. The number of carboxylic acid groups (broad SMARTS) is 1. The molecule has 21 heavy (non-hydrogen) atoms. The van der Waals surface area contributed by atoms with Gasteiger partial charge in [0, 0.05) is 23.5 Å². The molecule has 0 aliphatic heterocycles. The van der Waals surface area contributed by atoms with Gasteiger partial charge in [0.05, 0.1) is 10.5 Å². The van der Waals surface area contributed by atoms with Crippen molar-refractivity contribution in [2.75, 3.05) is 5.73 Å². The molecule has 0 bridgehead atoms. The van der Waals surface area contributed by atoms with Crippen LogP contribution in [0.2, 0.25) is 0 Å². The molecule has 8 heteroatoms. The summed E-state index contributed by atoms with van der Waals surface area (Å²) in [6.07, 6.45) is 0. The lowest BCUT2D eigenvalue weighted by Crippen LogP contribution is -1.97. The van der Waals surface area contributed by atoms with Gasteiger partial charge in [-0.05, 0) is 26.0 Å². The smallest absolute Gasteiger partial charge is 0.335 e. The SMILES string of the molecule is Cc1cc(C)nc(N)n1.O=C(O)c1cccc([N+](=O)[O-])c1. The van der Waals surface area contributed by atoms with Crippen molar-refractivity contribution in [3.63, 3.8) is 0 Å². The second-order valence-electron chi connectivity index (χ2n) is 4.12. The summed E-state index contributed by atoms with van der Waals surface area (Å²) >= 11 is 0. The average Bonchev–Trinajstić information content (AvgIpc) is 2.37. The first-order chi connectivity index (χ1) is 9.79. The Balaban J connectivity index is 0.000000219. The van der Waals surface area contributed by atoms with Gasteiger partial charge in [0.2, 0.25) is 5.95 Å². The lowest BCUT2D eigenvalue weighted by atomic mass is 10.2. The minimum atomic E-state index is -1.17. The molecule has 0 aliphatic rings. The zero-order valence-corrected chi connectivity index (χ0v) is 11.5. The van der Waals surface area contributed by atoms with Gasteiger partial charge in [-0.2, -0.15) is 0 Å². The van der Waals surface area contributed by atoms with Crippen LogP contribution < -0.4 is 5.73 Å². The number of carbonyl (C=O) groups is 1. The van der Waals surface area contributed by atoms with E-state index in [9.17, 15) is 14.9 Å². The van der Waals surface area contributed by atoms with Crippen LogP contribution in [-0.2, 0) is 0 Å². The van der Waals surface area contributed by atoms with E-state index in [4.69, 9.17) is 10.8 Å². The normalized spacial score (nSPS) is 9.43. The van der Waals surface area contributed by atoms with Crippen molar-refractivity contribution >= 4 is 17.6 Å². The van der Waals surface area contributed by atoms with Crippen molar-refractivity contribution in [3.05, 3.63) is 57.4 Å². The fourth-order valence-electron chi connectivity index (χ4n) is 1.51. The van der Waals surface area contributed by atoms with Crippen molar-refractivity contribution in [1.29, 1.82) is 0 Å². The van der Waals surface area contributed by atoms with Crippen molar-refractivity contribution in [3.8, 4) is 0 Å². The number of rotatable bonds is 2. The maximum atomic E-state index is 10.4. The monoisotopic (exact) mass is 290 g/mol. The molecule has 1 aromatic heterocycles.